The number of hydrogen-bond donors (Lipinski definition) is 0. The van der Waals surface area contributed by atoms with Gasteiger partial charge in [0.25, 0.3) is 9.05 Å². The molecule has 0 amide bonds. The van der Waals surface area contributed by atoms with Crippen LogP contribution in [-0.4, -0.2) is 43.7 Å². The van der Waals surface area contributed by atoms with Crippen LogP contribution < -0.4 is 0 Å². The second kappa shape index (κ2) is 5.56. The molecule has 0 aromatic carbocycles. The molecule has 8 heteroatoms. The highest BCUT2D eigenvalue weighted by Crippen LogP contribution is 2.28. The van der Waals surface area contributed by atoms with E-state index >= 15 is 0 Å². The fraction of sp³-hybridized carbons (Fsp3) is 0.667. The molecule has 1 aromatic heterocycles. The summed E-state index contributed by atoms with van der Waals surface area (Å²) in [5, 5.41) is 4.24. The molecular weight excluding hydrogens is 285 g/mol. The van der Waals surface area contributed by atoms with E-state index in [2.05, 4.69) is 5.10 Å². The third-order valence-corrected chi connectivity index (χ3v) is 4.13. The molecule has 1 heterocycles. The zero-order valence-corrected chi connectivity index (χ0v) is 12.3. The van der Waals surface area contributed by atoms with Crippen molar-refractivity contribution in [2.24, 2.45) is 0 Å². The summed E-state index contributed by atoms with van der Waals surface area (Å²) in [6.07, 6.45) is 0.468. The van der Waals surface area contributed by atoms with E-state index in [1.807, 2.05) is 19.0 Å². The first kappa shape index (κ1) is 14.8. The van der Waals surface area contributed by atoms with E-state index < -0.39 is 9.05 Å². The number of hydrogen-bond acceptors (Lipinski definition) is 4. The minimum Gasteiger partial charge on any atom is -0.308 e. The van der Waals surface area contributed by atoms with Crippen LogP contribution in [0.4, 0.5) is 0 Å². The van der Waals surface area contributed by atoms with Gasteiger partial charge in [0.15, 0.2) is 0 Å². The van der Waals surface area contributed by atoms with Crippen LogP contribution in [0.2, 0.25) is 5.15 Å². The van der Waals surface area contributed by atoms with Gasteiger partial charge >= 0.3 is 0 Å². The lowest BCUT2D eigenvalue weighted by Gasteiger charge is -2.09. The molecule has 0 unspecified atom stereocenters. The van der Waals surface area contributed by atoms with Crippen LogP contribution in [-0.2, 0) is 22.0 Å². The van der Waals surface area contributed by atoms with Crippen LogP contribution >= 0.6 is 22.3 Å². The van der Waals surface area contributed by atoms with Gasteiger partial charge in [-0.2, -0.15) is 5.10 Å². The molecule has 0 N–H and O–H groups in total. The molecule has 0 saturated carbocycles. The Labute approximate surface area is 111 Å². The Morgan fingerprint density at radius 1 is 1.41 bits per heavy atom. The van der Waals surface area contributed by atoms with Gasteiger partial charge in [-0.1, -0.05) is 18.5 Å². The number of aromatic nitrogens is 2. The fourth-order valence-corrected chi connectivity index (χ4v) is 3.30. The summed E-state index contributed by atoms with van der Waals surface area (Å²) < 4.78 is 24.3. The quantitative estimate of drug-likeness (QED) is 0.775. The highest BCUT2D eigenvalue weighted by molar-refractivity contribution is 8.13. The van der Waals surface area contributed by atoms with E-state index in [-0.39, 0.29) is 10.0 Å². The summed E-state index contributed by atoms with van der Waals surface area (Å²) in [5.74, 6) is 0. The van der Waals surface area contributed by atoms with Crippen molar-refractivity contribution >= 4 is 31.3 Å². The molecule has 5 nitrogen and oxygen atoms in total. The van der Waals surface area contributed by atoms with E-state index in [4.69, 9.17) is 22.3 Å². The maximum Gasteiger partial charge on any atom is 0.266 e. The second-order valence-electron chi connectivity index (χ2n) is 3.88. The molecule has 17 heavy (non-hydrogen) atoms. The molecular formula is C9H15Cl2N3O2S. The van der Waals surface area contributed by atoms with Gasteiger partial charge in [0.05, 0.1) is 12.2 Å². The summed E-state index contributed by atoms with van der Waals surface area (Å²) in [6, 6.07) is 0. The molecule has 1 rings (SSSR count). The number of aryl methyl sites for hydroxylation is 1. The topological polar surface area (TPSA) is 55.2 Å². The van der Waals surface area contributed by atoms with Crippen LogP contribution in [0.15, 0.2) is 4.90 Å². The van der Waals surface area contributed by atoms with Crippen molar-refractivity contribution in [1.82, 2.24) is 14.7 Å². The van der Waals surface area contributed by atoms with Gasteiger partial charge in [-0.3, -0.25) is 4.68 Å². The molecule has 0 aliphatic heterocycles. The molecule has 0 radical (unpaired) electrons. The highest BCUT2D eigenvalue weighted by atomic mass is 35.7. The van der Waals surface area contributed by atoms with Gasteiger partial charge in [-0.25, -0.2) is 8.42 Å². The standard InChI is InChI=1S/C9H15Cl2N3O2S/c1-4-7-8(17(11,15)16)9(10)14(12-7)6-5-13(2)3/h4-6H2,1-3H3. The molecule has 98 valence electrons. The largest absolute Gasteiger partial charge is 0.308 e. The summed E-state index contributed by atoms with van der Waals surface area (Å²) >= 11 is 5.99. The highest BCUT2D eigenvalue weighted by Gasteiger charge is 2.25. The van der Waals surface area contributed by atoms with Gasteiger partial charge in [0.1, 0.15) is 10.0 Å². The maximum absolute atomic E-state index is 11.4. The van der Waals surface area contributed by atoms with Crippen LogP contribution in [0.3, 0.4) is 0 Å². The third-order valence-electron chi connectivity index (χ3n) is 2.26. The van der Waals surface area contributed by atoms with Crippen molar-refractivity contribution in [3.05, 3.63) is 10.8 Å². The molecule has 0 aliphatic carbocycles. The Morgan fingerprint density at radius 2 is 2.00 bits per heavy atom. The first-order valence-electron chi connectivity index (χ1n) is 5.12. The Kier molecular flexibility index (Phi) is 4.83. The second-order valence-corrected chi connectivity index (χ2v) is 6.75. The lowest BCUT2D eigenvalue weighted by molar-refractivity contribution is 0.372. The number of nitrogens with zero attached hydrogens (tertiary/aromatic N) is 3. The molecule has 0 fully saturated rings. The number of rotatable bonds is 5. The van der Waals surface area contributed by atoms with Crippen molar-refractivity contribution in [2.75, 3.05) is 20.6 Å². The minimum absolute atomic E-state index is 0.0675. The monoisotopic (exact) mass is 299 g/mol. The molecule has 1 aromatic rings. The van der Waals surface area contributed by atoms with E-state index in [9.17, 15) is 8.42 Å². The predicted octanol–water partition coefficient (Wildman–Crippen LogP) is 1.59. The van der Waals surface area contributed by atoms with Crippen molar-refractivity contribution in [3.8, 4) is 0 Å². The van der Waals surface area contributed by atoms with Gasteiger partial charge in [0, 0.05) is 17.2 Å². The number of likely N-dealkylation sites (N-methyl/N-ethyl adjacent to an activating group) is 1. The first-order valence-corrected chi connectivity index (χ1v) is 7.80. The maximum atomic E-state index is 11.4. The average molecular weight is 300 g/mol. The van der Waals surface area contributed by atoms with Gasteiger partial charge in [0.2, 0.25) is 0 Å². The smallest absolute Gasteiger partial charge is 0.266 e. The molecule has 0 atom stereocenters. The summed E-state index contributed by atoms with van der Waals surface area (Å²) in [6.45, 7) is 3.04. The summed E-state index contributed by atoms with van der Waals surface area (Å²) in [5.41, 5.74) is 0.406. The molecule has 0 saturated heterocycles. The Morgan fingerprint density at radius 3 is 2.35 bits per heavy atom. The van der Waals surface area contributed by atoms with Crippen LogP contribution in [0.25, 0.3) is 0 Å². The predicted molar refractivity (Wildman–Crippen MR) is 68.2 cm³/mol. The molecule has 0 spiro atoms. The normalized spacial score (nSPS) is 12.4. The van der Waals surface area contributed by atoms with E-state index in [0.717, 1.165) is 0 Å². The Hall–Kier alpha value is -0.300. The first-order chi connectivity index (χ1) is 7.77. The SMILES string of the molecule is CCc1nn(CCN(C)C)c(Cl)c1S(=O)(=O)Cl. The Balaban J connectivity index is 3.15. The van der Waals surface area contributed by atoms with Crippen molar-refractivity contribution in [3.63, 3.8) is 0 Å². The van der Waals surface area contributed by atoms with Crippen molar-refractivity contribution in [1.29, 1.82) is 0 Å². The van der Waals surface area contributed by atoms with E-state index in [0.29, 0.717) is 25.2 Å². The van der Waals surface area contributed by atoms with Crippen molar-refractivity contribution < 1.29 is 8.42 Å². The summed E-state index contributed by atoms with van der Waals surface area (Å²) in [7, 11) is 5.33. The Bertz CT molecular complexity index is 497. The van der Waals surface area contributed by atoms with Crippen LogP contribution in [0.5, 0.6) is 0 Å². The molecule has 0 aliphatic rings. The van der Waals surface area contributed by atoms with Crippen LogP contribution in [0, 0.1) is 0 Å². The van der Waals surface area contributed by atoms with Gasteiger partial charge < -0.3 is 4.90 Å². The zero-order chi connectivity index (χ0) is 13.2. The van der Waals surface area contributed by atoms with Crippen molar-refractivity contribution in [2.45, 2.75) is 24.8 Å². The lowest BCUT2D eigenvalue weighted by atomic mass is 10.3. The van der Waals surface area contributed by atoms with Crippen LogP contribution in [0.1, 0.15) is 12.6 Å². The fourth-order valence-electron chi connectivity index (χ4n) is 1.39. The number of halogens is 2. The molecule has 0 bridgehead atoms. The van der Waals surface area contributed by atoms with E-state index in [1.165, 1.54) is 4.68 Å². The van der Waals surface area contributed by atoms with Gasteiger partial charge in [-0.05, 0) is 20.5 Å². The van der Waals surface area contributed by atoms with E-state index in [1.54, 1.807) is 6.92 Å². The lowest BCUT2D eigenvalue weighted by Crippen LogP contribution is -2.19. The van der Waals surface area contributed by atoms with Gasteiger partial charge in [-0.15, -0.1) is 0 Å². The average Bonchev–Trinajstić information content (AvgIpc) is 2.51. The minimum atomic E-state index is -3.85. The third kappa shape index (κ3) is 3.58. The zero-order valence-electron chi connectivity index (χ0n) is 9.94. The summed E-state index contributed by atoms with van der Waals surface area (Å²) in [4.78, 5) is 1.89.